The average molecular weight is 295 g/mol. The number of aromatic nitrogens is 2. The number of carbonyl (C=O) groups excluding carboxylic acids is 1. The number of ether oxygens (including phenoxy) is 1. The fourth-order valence-electron chi connectivity index (χ4n) is 2.68. The van der Waals surface area contributed by atoms with Gasteiger partial charge < -0.3 is 14.7 Å². The number of piperidine rings is 1. The van der Waals surface area contributed by atoms with Gasteiger partial charge in [0.05, 0.1) is 0 Å². The zero-order valence-corrected chi connectivity index (χ0v) is 12.2. The van der Waals surface area contributed by atoms with Crippen molar-refractivity contribution in [3.63, 3.8) is 0 Å². The van der Waals surface area contributed by atoms with Gasteiger partial charge in [0.25, 0.3) is 0 Å². The first kappa shape index (κ1) is 15.5. The Morgan fingerprint density at radius 2 is 2.33 bits per heavy atom. The summed E-state index contributed by atoms with van der Waals surface area (Å²) in [5.41, 5.74) is 0.881. The molecule has 0 spiro atoms. The van der Waals surface area contributed by atoms with E-state index < -0.39 is 5.97 Å². The molecule has 0 radical (unpaired) electrons. The second-order valence-electron chi connectivity index (χ2n) is 5.12. The van der Waals surface area contributed by atoms with Crippen LogP contribution in [0, 0.1) is 0 Å². The number of amides is 1. The molecule has 21 heavy (non-hydrogen) atoms. The first-order chi connectivity index (χ1) is 10.1. The molecule has 0 aromatic carbocycles. The normalized spacial score (nSPS) is 18.7. The number of hydrogen-bond donors (Lipinski definition) is 1. The molecule has 1 aliphatic rings. The van der Waals surface area contributed by atoms with Crippen molar-refractivity contribution in [2.24, 2.45) is 0 Å². The van der Waals surface area contributed by atoms with E-state index in [9.17, 15) is 9.59 Å². The Morgan fingerprint density at radius 1 is 1.52 bits per heavy atom. The maximum atomic E-state index is 12.0. The third-order valence-corrected chi connectivity index (χ3v) is 3.66. The molecule has 1 N–H and O–H groups in total. The summed E-state index contributed by atoms with van der Waals surface area (Å²) in [6.45, 7) is 3.67. The maximum absolute atomic E-state index is 12.0. The lowest BCUT2D eigenvalue weighted by Crippen LogP contribution is -2.41. The van der Waals surface area contributed by atoms with Gasteiger partial charge in [-0.15, -0.1) is 0 Å². The van der Waals surface area contributed by atoms with E-state index in [0.29, 0.717) is 13.2 Å². The van der Waals surface area contributed by atoms with E-state index in [2.05, 4.69) is 5.10 Å². The first-order valence-electron chi connectivity index (χ1n) is 7.20. The van der Waals surface area contributed by atoms with E-state index >= 15 is 0 Å². The SMILES string of the molecule is CCOCC(=O)N1CCC[C@H](c2ccnn2CC(=O)O)C1. The minimum atomic E-state index is -0.917. The lowest BCUT2D eigenvalue weighted by molar-refractivity contribution is -0.139. The predicted molar refractivity (Wildman–Crippen MR) is 74.9 cm³/mol. The Balaban J connectivity index is 2.02. The van der Waals surface area contributed by atoms with E-state index in [0.717, 1.165) is 25.1 Å². The zero-order valence-electron chi connectivity index (χ0n) is 12.2. The second-order valence-corrected chi connectivity index (χ2v) is 5.12. The molecular formula is C14H21N3O4. The highest BCUT2D eigenvalue weighted by molar-refractivity contribution is 5.77. The van der Waals surface area contributed by atoms with Crippen LogP contribution < -0.4 is 0 Å². The van der Waals surface area contributed by atoms with E-state index in [1.54, 1.807) is 11.1 Å². The summed E-state index contributed by atoms with van der Waals surface area (Å²) in [4.78, 5) is 24.7. The largest absolute Gasteiger partial charge is 0.480 e. The van der Waals surface area contributed by atoms with Gasteiger partial charge in [-0.1, -0.05) is 0 Å². The number of carbonyl (C=O) groups is 2. The molecule has 116 valence electrons. The Kier molecular flexibility index (Phi) is 5.32. The van der Waals surface area contributed by atoms with Crippen LogP contribution in [-0.2, 0) is 20.9 Å². The van der Waals surface area contributed by atoms with Gasteiger partial charge in [0.15, 0.2) is 0 Å². The molecule has 0 unspecified atom stereocenters. The van der Waals surface area contributed by atoms with Crippen LogP contribution in [0.25, 0.3) is 0 Å². The molecule has 2 heterocycles. The topological polar surface area (TPSA) is 84.7 Å². The molecule has 1 aliphatic heterocycles. The molecule has 1 aromatic rings. The van der Waals surface area contributed by atoms with Crippen molar-refractivity contribution >= 4 is 11.9 Å². The molecule has 7 heteroatoms. The number of hydrogen-bond acceptors (Lipinski definition) is 4. The summed E-state index contributed by atoms with van der Waals surface area (Å²) in [6, 6.07) is 1.84. The molecule has 1 aromatic heterocycles. The van der Waals surface area contributed by atoms with Crippen molar-refractivity contribution in [3.8, 4) is 0 Å². The summed E-state index contributed by atoms with van der Waals surface area (Å²) >= 11 is 0. The number of nitrogens with zero attached hydrogens (tertiary/aromatic N) is 3. The fourth-order valence-corrected chi connectivity index (χ4v) is 2.68. The van der Waals surface area contributed by atoms with Crippen LogP contribution in [-0.4, -0.2) is 58.0 Å². The minimum absolute atomic E-state index is 0.00847. The molecule has 7 nitrogen and oxygen atoms in total. The predicted octanol–water partition coefficient (Wildman–Crippen LogP) is 0.710. The van der Waals surface area contributed by atoms with Gasteiger partial charge in [0.1, 0.15) is 13.2 Å². The van der Waals surface area contributed by atoms with E-state index in [-0.39, 0.29) is 25.0 Å². The highest BCUT2D eigenvalue weighted by Gasteiger charge is 2.27. The Labute approximate surface area is 123 Å². The average Bonchev–Trinajstić information content (AvgIpc) is 2.92. The van der Waals surface area contributed by atoms with Crippen LogP contribution in [0.3, 0.4) is 0 Å². The van der Waals surface area contributed by atoms with E-state index in [1.165, 1.54) is 4.68 Å². The highest BCUT2D eigenvalue weighted by Crippen LogP contribution is 2.26. The smallest absolute Gasteiger partial charge is 0.325 e. The third-order valence-electron chi connectivity index (χ3n) is 3.66. The number of rotatable bonds is 6. The molecule has 0 saturated carbocycles. The second kappa shape index (κ2) is 7.21. The standard InChI is InChI=1S/C14H21N3O4/c1-2-21-10-13(18)16-7-3-4-11(8-16)12-5-6-15-17(12)9-14(19)20/h5-6,11H,2-4,7-10H2,1H3,(H,19,20)/t11-/m0/s1. The van der Waals surface area contributed by atoms with Crippen molar-refractivity contribution in [1.29, 1.82) is 0 Å². The number of carboxylic acid groups (broad SMARTS) is 1. The monoisotopic (exact) mass is 295 g/mol. The van der Waals surface area contributed by atoms with Gasteiger partial charge in [-0.25, -0.2) is 0 Å². The fraction of sp³-hybridized carbons (Fsp3) is 0.643. The van der Waals surface area contributed by atoms with Gasteiger partial charge in [0.2, 0.25) is 5.91 Å². The lowest BCUT2D eigenvalue weighted by atomic mass is 9.94. The van der Waals surface area contributed by atoms with Crippen LogP contribution in [0.1, 0.15) is 31.4 Å². The van der Waals surface area contributed by atoms with E-state index in [4.69, 9.17) is 9.84 Å². The zero-order chi connectivity index (χ0) is 15.2. The summed E-state index contributed by atoms with van der Waals surface area (Å²) in [6.07, 6.45) is 3.45. The summed E-state index contributed by atoms with van der Waals surface area (Å²) in [5.74, 6) is -0.794. The lowest BCUT2D eigenvalue weighted by Gasteiger charge is -2.33. The van der Waals surface area contributed by atoms with Crippen molar-refractivity contribution in [2.45, 2.75) is 32.2 Å². The first-order valence-corrected chi connectivity index (χ1v) is 7.20. The number of carboxylic acids is 1. The van der Waals surface area contributed by atoms with Gasteiger partial charge in [-0.2, -0.15) is 5.10 Å². The van der Waals surface area contributed by atoms with Crippen molar-refractivity contribution in [1.82, 2.24) is 14.7 Å². The van der Waals surface area contributed by atoms with Gasteiger partial charge >= 0.3 is 5.97 Å². The summed E-state index contributed by atoms with van der Waals surface area (Å²) in [5, 5.41) is 13.0. The molecule has 0 bridgehead atoms. The molecule has 1 saturated heterocycles. The van der Waals surface area contributed by atoms with Crippen LogP contribution in [0.15, 0.2) is 12.3 Å². The van der Waals surface area contributed by atoms with Gasteiger partial charge in [-0.3, -0.25) is 14.3 Å². The van der Waals surface area contributed by atoms with Crippen molar-refractivity contribution in [2.75, 3.05) is 26.3 Å². The minimum Gasteiger partial charge on any atom is -0.480 e. The molecule has 0 aliphatic carbocycles. The van der Waals surface area contributed by atoms with Gasteiger partial charge in [-0.05, 0) is 25.8 Å². The molecular weight excluding hydrogens is 274 g/mol. The quantitative estimate of drug-likeness (QED) is 0.835. The van der Waals surface area contributed by atoms with Crippen LogP contribution >= 0.6 is 0 Å². The Hall–Kier alpha value is -1.89. The number of likely N-dealkylation sites (tertiary alicyclic amines) is 1. The molecule has 1 fully saturated rings. The highest BCUT2D eigenvalue weighted by atomic mass is 16.5. The van der Waals surface area contributed by atoms with Crippen LogP contribution in [0.4, 0.5) is 0 Å². The Morgan fingerprint density at radius 3 is 3.05 bits per heavy atom. The summed E-state index contributed by atoms with van der Waals surface area (Å²) in [7, 11) is 0. The molecule has 2 rings (SSSR count). The van der Waals surface area contributed by atoms with Crippen LogP contribution in [0.2, 0.25) is 0 Å². The van der Waals surface area contributed by atoms with Crippen molar-refractivity contribution < 1.29 is 19.4 Å². The van der Waals surface area contributed by atoms with Gasteiger partial charge in [0, 0.05) is 37.5 Å². The number of aliphatic carboxylic acids is 1. The van der Waals surface area contributed by atoms with E-state index in [1.807, 2.05) is 13.0 Å². The third kappa shape index (κ3) is 4.04. The van der Waals surface area contributed by atoms with Crippen molar-refractivity contribution in [3.05, 3.63) is 18.0 Å². The molecule has 1 amide bonds. The summed E-state index contributed by atoms with van der Waals surface area (Å²) < 4.78 is 6.67. The Bertz CT molecular complexity index is 500. The maximum Gasteiger partial charge on any atom is 0.325 e. The molecule has 1 atom stereocenters. The van der Waals surface area contributed by atoms with Crippen LogP contribution in [0.5, 0.6) is 0 Å².